The first-order valence-electron chi connectivity index (χ1n) is 6.81. The minimum absolute atomic E-state index is 0.0566. The fourth-order valence-corrected chi connectivity index (χ4v) is 1.82. The van der Waals surface area contributed by atoms with Gasteiger partial charge in [-0.15, -0.1) is 0 Å². The van der Waals surface area contributed by atoms with Gasteiger partial charge in [0, 0.05) is 24.3 Å². The first kappa shape index (κ1) is 15.0. The SMILES string of the molecule is O=C(NCCO)c1ccc(CNNc2ccccc2)cc1. The Labute approximate surface area is 124 Å². The van der Waals surface area contributed by atoms with Crippen LogP contribution in [0.2, 0.25) is 0 Å². The average molecular weight is 285 g/mol. The quantitative estimate of drug-likeness (QED) is 0.582. The van der Waals surface area contributed by atoms with Gasteiger partial charge in [-0.25, -0.2) is 5.43 Å². The second kappa shape index (κ2) is 8.04. The molecule has 0 atom stereocenters. The van der Waals surface area contributed by atoms with Crippen molar-refractivity contribution >= 4 is 11.6 Å². The van der Waals surface area contributed by atoms with Crippen molar-refractivity contribution in [3.05, 3.63) is 65.7 Å². The van der Waals surface area contributed by atoms with Gasteiger partial charge in [-0.1, -0.05) is 30.3 Å². The number of nitrogens with one attached hydrogen (secondary N) is 3. The third-order valence-electron chi connectivity index (χ3n) is 2.91. The molecule has 0 aliphatic heterocycles. The Morgan fingerprint density at radius 1 is 1.00 bits per heavy atom. The van der Waals surface area contributed by atoms with Crippen LogP contribution in [0.5, 0.6) is 0 Å². The molecule has 0 bridgehead atoms. The molecule has 2 rings (SSSR count). The zero-order valence-corrected chi connectivity index (χ0v) is 11.7. The van der Waals surface area contributed by atoms with Gasteiger partial charge in [0.1, 0.15) is 0 Å². The van der Waals surface area contributed by atoms with E-state index >= 15 is 0 Å². The lowest BCUT2D eigenvalue weighted by Gasteiger charge is -2.09. The highest BCUT2D eigenvalue weighted by Crippen LogP contribution is 2.06. The van der Waals surface area contributed by atoms with Gasteiger partial charge in [-0.3, -0.25) is 4.79 Å². The predicted molar refractivity (Wildman–Crippen MR) is 82.8 cm³/mol. The number of benzene rings is 2. The van der Waals surface area contributed by atoms with E-state index in [2.05, 4.69) is 16.2 Å². The molecule has 0 unspecified atom stereocenters. The minimum atomic E-state index is -0.175. The molecule has 110 valence electrons. The summed E-state index contributed by atoms with van der Waals surface area (Å²) in [6, 6.07) is 17.2. The summed E-state index contributed by atoms with van der Waals surface area (Å²) in [5.74, 6) is -0.175. The van der Waals surface area contributed by atoms with Crippen molar-refractivity contribution in [2.75, 3.05) is 18.6 Å². The molecule has 2 aromatic carbocycles. The van der Waals surface area contributed by atoms with Crippen LogP contribution >= 0.6 is 0 Å². The smallest absolute Gasteiger partial charge is 0.251 e. The van der Waals surface area contributed by atoms with Gasteiger partial charge in [-0.05, 0) is 29.8 Å². The molecule has 0 radical (unpaired) electrons. The van der Waals surface area contributed by atoms with Gasteiger partial charge in [0.05, 0.1) is 6.61 Å². The number of hydrogen-bond donors (Lipinski definition) is 4. The first-order valence-corrected chi connectivity index (χ1v) is 6.81. The van der Waals surface area contributed by atoms with E-state index in [-0.39, 0.29) is 19.1 Å². The number of para-hydroxylation sites is 1. The lowest BCUT2D eigenvalue weighted by atomic mass is 10.1. The molecule has 0 aliphatic carbocycles. The zero-order chi connectivity index (χ0) is 14.9. The van der Waals surface area contributed by atoms with Crippen LogP contribution < -0.4 is 16.2 Å². The van der Waals surface area contributed by atoms with E-state index < -0.39 is 0 Å². The minimum Gasteiger partial charge on any atom is -0.395 e. The normalized spacial score (nSPS) is 10.1. The van der Waals surface area contributed by atoms with Gasteiger partial charge in [0.2, 0.25) is 0 Å². The van der Waals surface area contributed by atoms with Gasteiger partial charge in [0.25, 0.3) is 5.91 Å². The van der Waals surface area contributed by atoms with Crippen molar-refractivity contribution in [1.82, 2.24) is 10.7 Å². The summed E-state index contributed by atoms with van der Waals surface area (Å²) < 4.78 is 0. The Morgan fingerprint density at radius 2 is 1.71 bits per heavy atom. The van der Waals surface area contributed by atoms with E-state index in [1.807, 2.05) is 42.5 Å². The number of aliphatic hydroxyl groups is 1. The van der Waals surface area contributed by atoms with E-state index in [1.165, 1.54) is 0 Å². The highest BCUT2D eigenvalue weighted by atomic mass is 16.3. The van der Waals surface area contributed by atoms with Crippen molar-refractivity contribution in [3.63, 3.8) is 0 Å². The largest absolute Gasteiger partial charge is 0.395 e. The van der Waals surface area contributed by atoms with Crippen LogP contribution in [0.25, 0.3) is 0 Å². The molecular weight excluding hydrogens is 266 g/mol. The Kier molecular flexibility index (Phi) is 5.75. The number of carbonyl (C=O) groups is 1. The number of hydrogen-bond acceptors (Lipinski definition) is 4. The van der Waals surface area contributed by atoms with Gasteiger partial charge >= 0.3 is 0 Å². The van der Waals surface area contributed by atoms with Crippen molar-refractivity contribution in [2.45, 2.75) is 6.54 Å². The Morgan fingerprint density at radius 3 is 2.38 bits per heavy atom. The van der Waals surface area contributed by atoms with Crippen molar-refractivity contribution in [1.29, 1.82) is 0 Å². The number of carbonyl (C=O) groups excluding carboxylic acids is 1. The predicted octanol–water partition coefficient (Wildman–Crippen LogP) is 1.53. The maximum absolute atomic E-state index is 11.7. The van der Waals surface area contributed by atoms with Crippen LogP contribution in [0.1, 0.15) is 15.9 Å². The molecule has 0 aliphatic rings. The van der Waals surface area contributed by atoms with Gasteiger partial charge in [-0.2, -0.15) is 0 Å². The summed E-state index contributed by atoms with van der Waals surface area (Å²) >= 11 is 0. The molecule has 0 heterocycles. The van der Waals surface area contributed by atoms with Gasteiger partial charge < -0.3 is 15.8 Å². The van der Waals surface area contributed by atoms with E-state index in [0.29, 0.717) is 12.1 Å². The molecule has 1 amide bonds. The summed E-state index contributed by atoms with van der Waals surface area (Å²) in [4.78, 5) is 11.7. The molecule has 0 saturated heterocycles. The van der Waals surface area contributed by atoms with E-state index in [4.69, 9.17) is 5.11 Å². The highest BCUT2D eigenvalue weighted by Gasteiger charge is 2.03. The Bertz CT molecular complexity index is 555. The lowest BCUT2D eigenvalue weighted by molar-refractivity contribution is 0.0945. The number of rotatable bonds is 7. The monoisotopic (exact) mass is 285 g/mol. The maximum atomic E-state index is 11.7. The molecule has 5 nitrogen and oxygen atoms in total. The maximum Gasteiger partial charge on any atom is 0.251 e. The third-order valence-corrected chi connectivity index (χ3v) is 2.91. The standard InChI is InChI=1S/C16H19N3O2/c20-11-10-17-16(21)14-8-6-13(7-9-14)12-18-19-15-4-2-1-3-5-15/h1-9,18-20H,10-12H2,(H,17,21). The second-order valence-electron chi connectivity index (χ2n) is 4.52. The topological polar surface area (TPSA) is 73.4 Å². The lowest BCUT2D eigenvalue weighted by Crippen LogP contribution is -2.26. The first-order chi connectivity index (χ1) is 10.3. The molecule has 4 N–H and O–H groups in total. The summed E-state index contributed by atoms with van der Waals surface area (Å²) in [6.45, 7) is 0.857. The van der Waals surface area contributed by atoms with Crippen LogP contribution in [0.4, 0.5) is 5.69 Å². The van der Waals surface area contributed by atoms with Crippen LogP contribution in [0.15, 0.2) is 54.6 Å². The summed E-state index contributed by atoms with van der Waals surface area (Å²) in [6.07, 6.45) is 0. The molecular formula is C16H19N3O2. The van der Waals surface area contributed by atoms with Crippen molar-refractivity contribution < 1.29 is 9.90 Å². The molecule has 21 heavy (non-hydrogen) atoms. The number of hydrazine groups is 1. The molecule has 5 heteroatoms. The van der Waals surface area contributed by atoms with Crippen LogP contribution in [0.3, 0.4) is 0 Å². The molecule has 2 aromatic rings. The van der Waals surface area contributed by atoms with Crippen molar-refractivity contribution in [3.8, 4) is 0 Å². The fourth-order valence-electron chi connectivity index (χ4n) is 1.82. The fraction of sp³-hybridized carbons (Fsp3) is 0.188. The molecule has 0 fully saturated rings. The van der Waals surface area contributed by atoms with E-state index in [9.17, 15) is 4.79 Å². The number of amides is 1. The van der Waals surface area contributed by atoms with Crippen molar-refractivity contribution in [2.24, 2.45) is 0 Å². The molecule has 0 spiro atoms. The van der Waals surface area contributed by atoms with E-state index in [1.54, 1.807) is 12.1 Å². The third kappa shape index (κ3) is 4.91. The Balaban J connectivity index is 1.81. The highest BCUT2D eigenvalue weighted by molar-refractivity contribution is 5.94. The number of aliphatic hydroxyl groups excluding tert-OH is 1. The van der Waals surface area contributed by atoms with Crippen LogP contribution in [-0.2, 0) is 6.54 Å². The summed E-state index contributed by atoms with van der Waals surface area (Å²) in [5.41, 5.74) is 8.87. The zero-order valence-electron chi connectivity index (χ0n) is 11.7. The summed E-state index contributed by atoms with van der Waals surface area (Å²) in [7, 11) is 0. The van der Waals surface area contributed by atoms with Crippen LogP contribution in [-0.4, -0.2) is 24.2 Å². The molecule has 0 aromatic heterocycles. The van der Waals surface area contributed by atoms with Crippen LogP contribution in [0, 0.1) is 0 Å². The summed E-state index contributed by atoms with van der Waals surface area (Å²) in [5, 5.41) is 11.3. The average Bonchev–Trinajstić information content (AvgIpc) is 2.54. The number of anilines is 1. The second-order valence-corrected chi connectivity index (χ2v) is 4.52. The Hall–Kier alpha value is -2.37. The van der Waals surface area contributed by atoms with Gasteiger partial charge in [0.15, 0.2) is 0 Å². The van der Waals surface area contributed by atoms with E-state index in [0.717, 1.165) is 11.3 Å². The molecule has 0 saturated carbocycles.